The Kier molecular flexibility index (Phi) is 4.88. The summed E-state index contributed by atoms with van der Waals surface area (Å²) in [7, 11) is 0. The zero-order valence-corrected chi connectivity index (χ0v) is 13.8. The Hall–Kier alpha value is -1.68. The lowest BCUT2D eigenvalue weighted by molar-refractivity contribution is -0.139. The average molecular weight is 314 g/mol. The predicted octanol–water partition coefficient (Wildman–Crippen LogP) is 4.08. The molecule has 0 aliphatic carbocycles. The minimum absolute atomic E-state index is 0.0166. The van der Waals surface area contributed by atoms with Crippen molar-refractivity contribution in [3.05, 3.63) is 52.5 Å². The van der Waals surface area contributed by atoms with Gasteiger partial charge in [0.05, 0.1) is 6.04 Å². The predicted molar refractivity (Wildman–Crippen MR) is 89.7 cm³/mol. The zero-order valence-electron chi connectivity index (χ0n) is 12.9. The highest BCUT2D eigenvalue weighted by Gasteiger charge is 2.31. The van der Waals surface area contributed by atoms with E-state index in [1.54, 1.807) is 11.3 Å². The molecule has 0 unspecified atom stereocenters. The van der Waals surface area contributed by atoms with Gasteiger partial charge in [-0.15, -0.1) is 11.3 Å². The second-order valence-electron chi connectivity index (χ2n) is 6.00. The second-order valence-corrected chi connectivity index (χ2v) is 6.93. The van der Waals surface area contributed by atoms with Crippen molar-refractivity contribution < 1.29 is 4.79 Å². The van der Waals surface area contributed by atoms with Crippen LogP contribution in [0, 0.1) is 5.92 Å². The Balaban J connectivity index is 1.71. The van der Waals surface area contributed by atoms with E-state index in [2.05, 4.69) is 22.0 Å². The summed E-state index contributed by atoms with van der Waals surface area (Å²) in [6.45, 7) is 2.91. The number of hydrogen-bond donors (Lipinski definition) is 0. The Morgan fingerprint density at radius 1 is 1.36 bits per heavy atom. The SMILES string of the molecule is C[C@H](Cc1ccccc1)C(=O)N1CCCC[C@@H]1c1nccs1. The number of rotatable bonds is 4. The Labute approximate surface area is 136 Å². The third-order valence-corrected chi connectivity index (χ3v) is 5.21. The molecule has 116 valence electrons. The van der Waals surface area contributed by atoms with Crippen molar-refractivity contribution in [2.24, 2.45) is 5.92 Å². The summed E-state index contributed by atoms with van der Waals surface area (Å²) in [6.07, 6.45) is 5.97. The van der Waals surface area contributed by atoms with Gasteiger partial charge < -0.3 is 4.90 Å². The van der Waals surface area contributed by atoms with Crippen LogP contribution < -0.4 is 0 Å². The van der Waals surface area contributed by atoms with E-state index < -0.39 is 0 Å². The monoisotopic (exact) mass is 314 g/mol. The van der Waals surface area contributed by atoms with Crippen molar-refractivity contribution in [1.82, 2.24) is 9.88 Å². The molecule has 0 spiro atoms. The molecule has 1 aromatic heterocycles. The molecule has 2 aromatic rings. The fourth-order valence-electron chi connectivity index (χ4n) is 3.19. The number of carbonyl (C=O) groups is 1. The third-order valence-electron chi connectivity index (χ3n) is 4.33. The Morgan fingerprint density at radius 2 is 2.18 bits per heavy atom. The standard InChI is InChI=1S/C18H22N2OS/c1-14(13-15-7-3-2-4-8-15)18(21)20-11-6-5-9-16(20)17-19-10-12-22-17/h2-4,7-8,10,12,14,16H,5-6,9,11,13H2,1H3/t14-,16-/m1/s1. The first kappa shape index (κ1) is 15.2. The number of amides is 1. The molecule has 1 fully saturated rings. The number of benzene rings is 1. The Bertz CT molecular complexity index is 597. The molecule has 0 radical (unpaired) electrons. The summed E-state index contributed by atoms with van der Waals surface area (Å²) < 4.78 is 0. The molecule has 2 heterocycles. The van der Waals surface area contributed by atoms with E-state index in [0.29, 0.717) is 0 Å². The maximum absolute atomic E-state index is 12.9. The lowest BCUT2D eigenvalue weighted by Crippen LogP contribution is -2.41. The summed E-state index contributed by atoms with van der Waals surface area (Å²) in [4.78, 5) is 19.4. The molecule has 1 saturated heterocycles. The quantitative estimate of drug-likeness (QED) is 0.852. The van der Waals surface area contributed by atoms with Gasteiger partial charge in [-0.1, -0.05) is 37.3 Å². The molecule has 1 amide bonds. The van der Waals surface area contributed by atoms with E-state index in [4.69, 9.17) is 0 Å². The maximum Gasteiger partial charge on any atom is 0.226 e. The fourth-order valence-corrected chi connectivity index (χ4v) is 3.97. The molecule has 1 aliphatic rings. The van der Waals surface area contributed by atoms with Crippen molar-refractivity contribution >= 4 is 17.2 Å². The van der Waals surface area contributed by atoms with Crippen molar-refractivity contribution in [3.63, 3.8) is 0 Å². The maximum atomic E-state index is 12.9. The van der Waals surface area contributed by atoms with E-state index >= 15 is 0 Å². The molecule has 1 aromatic carbocycles. The minimum Gasteiger partial charge on any atom is -0.333 e. The van der Waals surface area contributed by atoms with Gasteiger partial charge in [-0.05, 0) is 31.2 Å². The van der Waals surface area contributed by atoms with Crippen molar-refractivity contribution in [3.8, 4) is 0 Å². The minimum atomic E-state index is 0.0166. The number of carbonyl (C=O) groups excluding carboxylic acids is 1. The van der Waals surface area contributed by atoms with Crippen molar-refractivity contribution in [2.45, 2.75) is 38.6 Å². The van der Waals surface area contributed by atoms with E-state index in [-0.39, 0.29) is 17.9 Å². The molecular formula is C18H22N2OS. The summed E-state index contributed by atoms with van der Waals surface area (Å²) in [5, 5.41) is 3.08. The van der Waals surface area contributed by atoms with Crippen LogP contribution in [0.3, 0.4) is 0 Å². The molecule has 4 heteroatoms. The second kappa shape index (κ2) is 7.05. The van der Waals surface area contributed by atoms with Crippen LogP contribution >= 0.6 is 11.3 Å². The largest absolute Gasteiger partial charge is 0.333 e. The average Bonchev–Trinajstić information content (AvgIpc) is 3.09. The molecule has 3 rings (SSSR count). The Morgan fingerprint density at radius 3 is 2.91 bits per heavy atom. The summed E-state index contributed by atoms with van der Waals surface area (Å²) in [6, 6.07) is 10.5. The normalized spacial score (nSPS) is 19.9. The van der Waals surface area contributed by atoms with Crippen LogP contribution in [0.15, 0.2) is 41.9 Å². The highest BCUT2D eigenvalue weighted by Crippen LogP contribution is 2.33. The van der Waals surface area contributed by atoms with Gasteiger partial charge >= 0.3 is 0 Å². The van der Waals surface area contributed by atoms with Crippen LogP contribution in [-0.4, -0.2) is 22.3 Å². The third kappa shape index (κ3) is 3.38. The van der Waals surface area contributed by atoms with E-state index in [9.17, 15) is 4.79 Å². The molecule has 0 saturated carbocycles. The number of likely N-dealkylation sites (tertiary alicyclic amines) is 1. The van der Waals surface area contributed by atoms with Crippen molar-refractivity contribution in [2.75, 3.05) is 6.54 Å². The van der Waals surface area contributed by atoms with Crippen LogP contribution in [0.25, 0.3) is 0 Å². The smallest absolute Gasteiger partial charge is 0.226 e. The van der Waals surface area contributed by atoms with Gasteiger partial charge in [0, 0.05) is 24.0 Å². The van der Waals surface area contributed by atoms with Crippen LogP contribution in [0.2, 0.25) is 0 Å². The number of aromatic nitrogens is 1. The zero-order chi connectivity index (χ0) is 15.4. The molecule has 22 heavy (non-hydrogen) atoms. The van der Waals surface area contributed by atoms with Gasteiger partial charge in [0.15, 0.2) is 0 Å². The van der Waals surface area contributed by atoms with Gasteiger partial charge in [0.2, 0.25) is 5.91 Å². The van der Waals surface area contributed by atoms with Gasteiger partial charge in [-0.3, -0.25) is 4.79 Å². The highest BCUT2D eigenvalue weighted by atomic mass is 32.1. The van der Waals surface area contributed by atoms with Gasteiger partial charge in [-0.25, -0.2) is 4.98 Å². The molecule has 0 N–H and O–H groups in total. The van der Waals surface area contributed by atoms with E-state index in [1.807, 2.05) is 36.7 Å². The topological polar surface area (TPSA) is 33.2 Å². The number of hydrogen-bond acceptors (Lipinski definition) is 3. The van der Waals surface area contributed by atoms with Gasteiger partial charge in [0.1, 0.15) is 5.01 Å². The first-order valence-corrected chi connectivity index (χ1v) is 8.87. The van der Waals surface area contributed by atoms with Crippen LogP contribution in [0.1, 0.15) is 42.8 Å². The number of thiazole rings is 1. The number of piperidine rings is 1. The van der Waals surface area contributed by atoms with Gasteiger partial charge in [-0.2, -0.15) is 0 Å². The molecular weight excluding hydrogens is 292 g/mol. The first-order valence-electron chi connectivity index (χ1n) is 7.99. The summed E-state index contributed by atoms with van der Waals surface area (Å²) in [5.74, 6) is 0.284. The van der Waals surface area contributed by atoms with Crippen LogP contribution in [-0.2, 0) is 11.2 Å². The van der Waals surface area contributed by atoms with E-state index in [0.717, 1.165) is 30.8 Å². The van der Waals surface area contributed by atoms with Crippen molar-refractivity contribution in [1.29, 1.82) is 0 Å². The molecule has 1 aliphatic heterocycles. The molecule has 0 bridgehead atoms. The van der Waals surface area contributed by atoms with Gasteiger partial charge in [0.25, 0.3) is 0 Å². The highest BCUT2D eigenvalue weighted by molar-refractivity contribution is 7.09. The summed E-state index contributed by atoms with van der Waals surface area (Å²) in [5.41, 5.74) is 1.23. The van der Waals surface area contributed by atoms with Crippen LogP contribution in [0.4, 0.5) is 0 Å². The fraction of sp³-hybridized carbons (Fsp3) is 0.444. The van der Waals surface area contributed by atoms with Crippen LogP contribution in [0.5, 0.6) is 0 Å². The lowest BCUT2D eigenvalue weighted by atomic mass is 9.96. The molecule has 2 atom stereocenters. The summed E-state index contributed by atoms with van der Waals surface area (Å²) >= 11 is 1.66. The lowest BCUT2D eigenvalue weighted by Gasteiger charge is -2.36. The molecule has 3 nitrogen and oxygen atoms in total. The number of nitrogens with zero attached hydrogens (tertiary/aromatic N) is 2. The van der Waals surface area contributed by atoms with E-state index in [1.165, 1.54) is 12.0 Å². The first-order chi connectivity index (χ1) is 10.8.